The van der Waals surface area contributed by atoms with Gasteiger partial charge in [0.25, 0.3) is 0 Å². The zero-order valence-corrected chi connectivity index (χ0v) is 15.6. The summed E-state index contributed by atoms with van der Waals surface area (Å²) in [5.74, 6) is -0.552. The minimum absolute atomic E-state index is 0.212. The topological polar surface area (TPSA) is 44.8 Å². The van der Waals surface area contributed by atoms with Gasteiger partial charge < -0.3 is 15.0 Å². The minimum Gasteiger partial charge on any atom is -0.406 e. The third kappa shape index (κ3) is 6.03. The zero-order valence-electron chi connectivity index (χ0n) is 14.9. The first-order valence-corrected chi connectivity index (χ1v) is 9.05. The Bertz CT molecular complexity index is 807. The summed E-state index contributed by atoms with van der Waals surface area (Å²) in [6.07, 6.45) is -4.74. The van der Waals surface area contributed by atoms with E-state index in [1.807, 2.05) is 29.2 Å². The Morgan fingerprint density at radius 1 is 1.07 bits per heavy atom. The molecule has 1 aliphatic rings. The molecule has 0 saturated carbocycles. The lowest BCUT2D eigenvalue weighted by Gasteiger charge is -2.35. The van der Waals surface area contributed by atoms with E-state index in [-0.39, 0.29) is 18.2 Å². The van der Waals surface area contributed by atoms with Crippen LogP contribution in [0, 0.1) is 0 Å². The molecule has 2 aromatic carbocycles. The van der Waals surface area contributed by atoms with Gasteiger partial charge in [-0.05, 0) is 42.5 Å². The quantitative estimate of drug-likeness (QED) is 0.804. The number of amides is 1. The summed E-state index contributed by atoms with van der Waals surface area (Å²) < 4.78 is 40.3. The fourth-order valence-electron chi connectivity index (χ4n) is 2.98. The number of rotatable bonds is 5. The Hall–Kier alpha value is -2.45. The van der Waals surface area contributed by atoms with Gasteiger partial charge in [-0.3, -0.25) is 9.69 Å². The second-order valence-electron chi connectivity index (χ2n) is 6.36. The van der Waals surface area contributed by atoms with Crippen LogP contribution in [0.15, 0.2) is 48.5 Å². The highest BCUT2D eigenvalue weighted by atomic mass is 35.5. The summed E-state index contributed by atoms with van der Waals surface area (Å²) >= 11 is 6.03. The lowest BCUT2D eigenvalue weighted by atomic mass is 10.2. The molecule has 1 N–H and O–H groups in total. The number of nitrogens with zero attached hydrogens (tertiary/aromatic N) is 2. The lowest BCUT2D eigenvalue weighted by molar-refractivity contribution is -0.274. The van der Waals surface area contributed by atoms with Crippen molar-refractivity contribution < 1.29 is 22.7 Å². The molecule has 0 radical (unpaired) electrons. The number of benzene rings is 2. The van der Waals surface area contributed by atoms with Crippen molar-refractivity contribution in [3.05, 3.63) is 53.6 Å². The molecule has 3 rings (SSSR count). The van der Waals surface area contributed by atoms with Gasteiger partial charge in [0.1, 0.15) is 5.75 Å². The van der Waals surface area contributed by atoms with Crippen LogP contribution in [0.3, 0.4) is 0 Å². The fourth-order valence-corrected chi connectivity index (χ4v) is 3.17. The van der Waals surface area contributed by atoms with E-state index in [4.69, 9.17) is 11.6 Å². The predicted octanol–water partition coefficient (Wildman–Crippen LogP) is 4.00. The largest absolute Gasteiger partial charge is 0.573 e. The molecule has 0 unspecified atom stereocenters. The summed E-state index contributed by atoms with van der Waals surface area (Å²) in [5.41, 5.74) is 1.47. The number of hydrogen-bond donors (Lipinski definition) is 1. The van der Waals surface area contributed by atoms with Crippen molar-refractivity contribution in [2.75, 3.05) is 42.9 Å². The van der Waals surface area contributed by atoms with E-state index in [1.165, 1.54) is 12.1 Å². The number of ether oxygens (including phenoxy) is 1. The number of piperazine rings is 1. The number of anilines is 2. The van der Waals surface area contributed by atoms with Gasteiger partial charge in [-0.25, -0.2) is 0 Å². The van der Waals surface area contributed by atoms with Crippen molar-refractivity contribution in [3.63, 3.8) is 0 Å². The van der Waals surface area contributed by atoms with Gasteiger partial charge in [0.05, 0.1) is 6.54 Å². The highest BCUT2D eigenvalue weighted by molar-refractivity contribution is 6.30. The second-order valence-corrected chi connectivity index (χ2v) is 6.80. The van der Waals surface area contributed by atoms with Crippen LogP contribution in [-0.4, -0.2) is 49.9 Å². The van der Waals surface area contributed by atoms with E-state index in [2.05, 4.69) is 15.0 Å². The van der Waals surface area contributed by atoms with Gasteiger partial charge in [0.2, 0.25) is 5.91 Å². The minimum atomic E-state index is -4.74. The summed E-state index contributed by atoms with van der Waals surface area (Å²) in [5, 5.41) is 3.37. The van der Waals surface area contributed by atoms with Crippen LogP contribution >= 0.6 is 11.6 Å². The molecule has 1 heterocycles. The standard InChI is InChI=1S/C19H19ClF3N3O2/c20-14-2-1-3-16(12-14)26-10-8-25(9-11-26)13-18(27)24-15-4-6-17(7-5-15)28-19(21,22)23/h1-7,12H,8-11,13H2,(H,24,27). The molecule has 2 aromatic rings. The van der Waals surface area contributed by atoms with E-state index in [0.717, 1.165) is 44.0 Å². The van der Waals surface area contributed by atoms with Gasteiger partial charge in [-0.1, -0.05) is 17.7 Å². The second kappa shape index (κ2) is 8.70. The summed E-state index contributed by atoms with van der Waals surface area (Å²) in [6.45, 7) is 3.20. The first-order chi connectivity index (χ1) is 13.3. The Morgan fingerprint density at radius 2 is 1.75 bits per heavy atom. The predicted molar refractivity (Wildman–Crippen MR) is 102 cm³/mol. The van der Waals surface area contributed by atoms with Crippen molar-refractivity contribution in [3.8, 4) is 5.75 Å². The first kappa shape index (κ1) is 20.3. The van der Waals surface area contributed by atoms with Crippen molar-refractivity contribution in [2.24, 2.45) is 0 Å². The smallest absolute Gasteiger partial charge is 0.406 e. The van der Waals surface area contributed by atoms with E-state index >= 15 is 0 Å². The molecule has 28 heavy (non-hydrogen) atoms. The van der Waals surface area contributed by atoms with Gasteiger partial charge >= 0.3 is 6.36 Å². The molecule has 1 aliphatic heterocycles. The van der Waals surface area contributed by atoms with Crippen LogP contribution in [0.25, 0.3) is 0 Å². The SMILES string of the molecule is O=C(CN1CCN(c2cccc(Cl)c2)CC1)Nc1ccc(OC(F)(F)F)cc1. The highest BCUT2D eigenvalue weighted by Gasteiger charge is 2.31. The van der Waals surface area contributed by atoms with Crippen LogP contribution < -0.4 is 15.0 Å². The Labute approximate surface area is 165 Å². The van der Waals surface area contributed by atoms with E-state index < -0.39 is 6.36 Å². The number of halogens is 4. The average molecular weight is 414 g/mol. The summed E-state index contributed by atoms with van der Waals surface area (Å²) in [7, 11) is 0. The van der Waals surface area contributed by atoms with Gasteiger partial charge in [-0.15, -0.1) is 13.2 Å². The Kier molecular flexibility index (Phi) is 6.31. The normalized spacial score (nSPS) is 15.4. The van der Waals surface area contributed by atoms with Crippen LogP contribution in [0.4, 0.5) is 24.5 Å². The molecule has 0 aromatic heterocycles. The maximum Gasteiger partial charge on any atom is 0.573 e. The number of carbonyl (C=O) groups excluding carboxylic acids is 1. The van der Waals surface area contributed by atoms with Crippen molar-refractivity contribution >= 4 is 28.9 Å². The molecule has 1 amide bonds. The molecular formula is C19H19ClF3N3O2. The van der Waals surface area contributed by atoms with Crippen LogP contribution in [-0.2, 0) is 4.79 Å². The molecule has 0 atom stereocenters. The molecule has 9 heteroatoms. The monoisotopic (exact) mass is 413 g/mol. The maximum atomic E-state index is 12.2. The maximum absolute atomic E-state index is 12.2. The van der Waals surface area contributed by atoms with Gasteiger partial charge in [-0.2, -0.15) is 0 Å². The number of hydrogen-bond acceptors (Lipinski definition) is 4. The van der Waals surface area contributed by atoms with Crippen LogP contribution in [0.1, 0.15) is 0 Å². The van der Waals surface area contributed by atoms with Crippen molar-refractivity contribution in [1.29, 1.82) is 0 Å². The number of carbonyl (C=O) groups is 1. The third-order valence-corrected chi connectivity index (χ3v) is 4.52. The van der Waals surface area contributed by atoms with Crippen molar-refractivity contribution in [2.45, 2.75) is 6.36 Å². The Morgan fingerprint density at radius 3 is 2.36 bits per heavy atom. The summed E-state index contributed by atoms with van der Waals surface area (Å²) in [4.78, 5) is 16.4. The molecule has 5 nitrogen and oxygen atoms in total. The average Bonchev–Trinajstić information content (AvgIpc) is 2.63. The van der Waals surface area contributed by atoms with Gasteiger partial charge in [0.15, 0.2) is 0 Å². The highest BCUT2D eigenvalue weighted by Crippen LogP contribution is 2.24. The molecule has 1 saturated heterocycles. The zero-order chi connectivity index (χ0) is 20.1. The third-order valence-electron chi connectivity index (χ3n) is 4.28. The van der Waals surface area contributed by atoms with E-state index in [1.54, 1.807) is 0 Å². The molecule has 0 aliphatic carbocycles. The lowest BCUT2D eigenvalue weighted by Crippen LogP contribution is -2.48. The number of nitrogens with one attached hydrogen (secondary N) is 1. The molecular weight excluding hydrogens is 395 g/mol. The van der Waals surface area contributed by atoms with Crippen LogP contribution in [0.5, 0.6) is 5.75 Å². The van der Waals surface area contributed by atoms with E-state index in [0.29, 0.717) is 10.7 Å². The molecule has 0 bridgehead atoms. The molecule has 1 fully saturated rings. The van der Waals surface area contributed by atoms with Gasteiger partial charge in [0, 0.05) is 42.6 Å². The summed E-state index contributed by atoms with van der Waals surface area (Å²) in [6, 6.07) is 12.7. The van der Waals surface area contributed by atoms with E-state index in [9.17, 15) is 18.0 Å². The number of alkyl halides is 3. The molecule has 150 valence electrons. The van der Waals surface area contributed by atoms with Crippen molar-refractivity contribution in [1.82, 2.24) is 4.90 Å². The van der Waals surface area contributed by atoms with Crippen LogP contribution in [0.2, 0.25) is 5.02 Å². The molecule has 0 spiro atoms. The fraction of sp³-hybridized carbons (Fsp3) is 0.316. The Balaban J connectivity index is 1.46. The first-order valence-electron chi connectivity index (χ1n) is 8.67.